The van der Waals surface area contributed by atoms with E-state index in [2.05, 4.69) is 91.4 Å². The topological polar surface area (TPSA) is 51.6 Å². The minimum atomic E-state index is 0. The Morgan fingerprint density at radius 3 is 1.94 bits per heavy atom. The molecule has 0 fully saturated rings. The zero-order valence-corrected chi connectivity index (χ0v) is 29.3. The quantitative estimate of drug-likeness (QED) is 0.132. The Morgan fingerprint density at radius 1 is 0.521 bits per heavy atom. The van der Waals surface area contributed by atoms with E-state index < -0.39 is 0 Å². The summed E-state index contributed by atoms with van der Waals surface area (Å²) in [6.45, 7) is 6.36. The van der Waals surface area contributed by atoms with E-state index in [-0.39, 0.29) is 20.1 Å². The molecule has 4 aromatic carbocycles. The van der Waals surface area contributed by atoms with Crippen molar-refractivity contribution >= 4 is 21.8 Å². The molecular formula is C43H32IrN4-2. The number of nitrogens with zero attached hydrogens (tertiary/aromatic N) is 4. The first kappa shape index (κ1) is 32.6. The maximum Gasteiger partial charge on any atom is 0.0787 e. The summed E-state index contributed by atoms with van der Waals surface area (Å²) in [6.07, 6.45) is 7.41. The van der Waals surface area contributed by atoms with Crippen LogP contribution in [0.4, 0.5) is 0 Å². The number of hydrogen-bond acceptors (Lipinski definition) is 4. The summed E-state index contributed by atoms with van der Waals surface area (Å²) in [4.78, 5) is 18.3. The van der Waals surface area contributed by atoms with Crippen molar-refractivity contribution in [1.29, 1.82) is 0 Å². The van der Waals surface area contributed by atoms with Gasteiger partial charge in [0.05, 0.1) is 11.0 Å². The third kappa shape index (κ3) is 6.98. The van der Waals surface area contributed by atoms with Gasteiger partial charge in [-0.3, -0.25) is 9.97 Å². The van der Waals surface area contributed by atoms with Crippen molar-refractivity contribution in [3.8, 4) is 44.8 Å². The average molecular weight is 797 g/mol. The van der Waals surface area contributed by atoms with Gasteiger partial charge in [-0.05, 0) is 83.9 Å². The van der Waals surface area contributed by atoms with Gasteiger partial charge in [-0.2, -0.15) is 0 Å². The Labute approximate surface area is 295 Å². The molecule has 0 aliphatic rings. The zero-order chi connectivity index (χ0) is 32.2. The predicted molar refractivity (Wildman–Crippen MR) is 193 cm³/mol. The molecular weight excluding hydrogens is 765 g/mol. The number of benzene rings is 4. The number of rotatable bonds is 4. The van der Waals surface area contributed by atoms with Crippen LogP contribution in [-0.2, 0) is 20.1 Å². The second-order valence-corrected chi connectivity index (χ2v) is 11.6. The molecule has 0 saturated heterocycles. The van der Waals surface area contributed by atoms with Crippen LogP contribution in [-0.4, -0.2) is 19.9 Å². The van der Waals surface area contributed by atoms with Crippen molar-refractivity contribution < 1.29 is 20.1 Å². The second kappa shape index (κ2) is 14.6. The van der Waals surface area contributed by atoms with Gasteiger partial charge in [-0.25, -0.2) is 0 Å². The summed E-state index contributed by atoms with van der Waals surface area (Å²) in [5, 5.41) is 2.27. The molecule has 0 bridgehead atoms. The standard InChI is InChI=1S/C32H24N3.C11H8N.Ir/c1-20-13-24(27-17-23(10-9-22(27)3)30-8-4-5-11-33-30)16-25(14-20)28-18-31-29(15-21(2)19-35-31)26-7-6-12-34-32(26)28;1-2-6-10(7-3-1)11-8-4-5-9-12-11;/h4-9,11-19H,1-3H3;1-6,8-9H;/q2*-1;. The van der Waals surface area contributed by atoms with Crippen LogP contribution in [0.3, 0.4) is 0 Å². The minimum Gasteiger partial charge on any atom is -0.305 e. The van der Waals surface area contributed by atoms with E-state index in [9.17, 15) is 0 Å². The van der Waals surface area contributed by atoms with Crippen molar-refractivity contribution in [2.75, 3.05) is 0 Å². The Hall–Kier alpha value is -5.35. The van der Waals surface area contributed by atoms with Crippen LogP contribution in [0, 0.1) is 32.9 Å². The smallest absolute Gasteiger partial charge is 0.0787 e. The third-order valence-corrected chi connectivity index (χ3v) is 8.14. The summed E-state index contributed by atoms with van der Waals surface area (Å²) < 4.78 is 0. The maximum absolute atomic E-state index is 4.80. The van der Waals surface area contributed by atoms with Crippen LogP contribution in [0.2, 0.25) is 0 Å². The van der Waals surface area contributed by atoms with Gasteiger partial charge >= 0.3 is 0 Å². The maximum atomic E-state index is 4.80. The van der Waals surface area contributed by atoms with E-state index in [4.69, 9.17) is 9.97 Å². The predicted octanol–water partition coefficient (Wildman–Crippen LogP) is 10.5. The van der Waals surface area contributed by atoms with Gasteiger partial charge in [0.15, 0.2) is 0 Å². The van der Waals surface area contributed by atoms with E-state index >= 15 is 0 Å². The fourth-order valence-electron chi connectivity index (χ4n) is 5.89. The van der Waals surface area contributed by atoms with E-state index in [1.165, 1.54) is 22.3 Å². The molecule has 8 aromatic rings. The first-order valence-corrected chi connectivity index (χ1v) is 15.6. The monoisotopic (exact) mass is 797 g/mol. The molecule has 0 unspecified atom stereocenters. The number of fused-ring (bicyclic) bond motifs is 3. The molecule has 8 rings (SSSR count). The van der Waals surface area contributed by atoms with Crippen LogP contribution in [0.15, 0.2) is 140 Å². The van der Waals surface area contributed by atoms with Gasteiger partial charge in [0.2, 0.25) is 0 Å². The Kier molecular flexibility index (Phi) is 9.91. The summed E-state index contributed by atoms with van der Waals surface area (Å²) in [5.74, 6) is 0. The molecule has 0 amide bonds. The molecule has 0 aliphatic carbocycles. The normalized spacial score (nSPS) is 10.6. The van der Waals surface area contributed by atoms with Crippen molar-refractivity contribution in [3.63, 3.8) is 0 Å². The van der Waals surface area contributed by atoms with Crippen molar-refractivity contribution in [3.05, 3.63) is 169 Å². The van der Waals surface area contributed by atoms with Gasteiger partial charge in [0, 0.05) is 61.2 Å². The molecule has 4 heterocycles. The molecule has 4 nitrogen and oxygen atoms in total. The van der Waals surface area contributed by atoms with Gasteiger partial charge in [-0.15, -0.1) is 65.2 Å². The molecule has 235 valence electrons. The number of pyridine rings is 4. The van der Waals surface area contributed by atoms with Crippen molar-refractivity contribution in [2.24, 2.45) is 0 Å². The fourth-order valence-corrected chi connectivity index (χ4v) is 5.89. The van der Waals surface area contributed by atoms with Crippen molar-refractivity contribution in [2.45, 2.75) is 20.8 Å². The van der Waals surface area contributed by atoms with E-state index in [1.54, 1.807) is 6.20 Å². The summed E-state index contributed by atoms with van der Waals surface area (Å²) in [6, 6.07) is 45.7. The van der Waals surface area contributed by atoms with Crippen LogP contribution >= 0.6 is 0 Å². The second-order valence-electron chi connectivity index (χ2n) is 11.6. The van der Waals surface area contributed by atoms with Crippen molar-refractivity contribution in [1.82, 2.24) is 19.9 Å². The fraction of sp³-hybridized carbons (Fsp3) is 0.0698. The van der Waals surface area contributed by atoms with Gasteiger partial charge in [0.25, 0.3) is 0 Å². The van der Waals surface area contributed by atoms with E-state index in [0.29, 0.717) is 0 Å². The molecule has 0 aliphatic heterocycles. The van der Waals surface area contributed by atoms with Crippen LogP contribution in [0.25, 0.3) is 66.6 Å². The van der Waals surface area contributed by atoms with E-state index in [0.717, 1.165) is 61.0 Å². The number of hydrogen-bond donors (Lipinski definition) is 0. The third-order valence-electron chi connectivity index (χ3n) is 8.14. The molecule has 4 aromatic heterocycles. The Morgan fingerprint density at radius 2 is 1.23 bits per heavy atom. The van der Waals surface area contributed by atoms with Crippen LogP contribution in [0.5, 0.6) is 0 Å². The number of aryl methyl sites for hydroxylation is 3. The molecule has 0 N–H and O–H groups in total. The summed E-state index contributed by atoms with van der Waals surface area (Å²) >= 11 is 0. The molecule has 0 spiro atoms. The van der Waals surface area contributed by atoms with Crippen LogP contribution < -0.4 is 0 Å². The minimum absolute atomic E-state index is 0. The molecule has 0 saturated carbocycles. The van der Waals surface area contributed by atoms with Gasteiger partial charge in [0.1, 0.15) is 0 Å². The van der Waals surface area contributed by atoms with Crippen LogP contribution in [0.1, 0.15) is 16.7 Å². The first-order valence-electron chi connectivity index (χ1n) is 15.6. The molecule has 5 heteroatoms. The average Bonchev–Trinajstić information content (AvgIpc) is 3.13. The zero-order valence-electron chi connectivity index (χ0n) is 26.9. The van der Waals surface area contributed by atoms with Gasteiger partial charge < -0.3 is 9.97 Å². The molecule has 1 radical (unpaired) electrons. The van der Waals surface area contributed by atoms with Gasteiger partial charge in [-0.1, -0.05) is 55.0 Å². The Bertz CT molecular complexity index is 2290. The summed E-state index contributed by atoms with van der Waals surface area (Å²) in [7, 11) is 0. The molecule has 48 heavy (non-hydrogen) atoms. The first-order chi connectivity index (χ1) is 23.0. The number of aromatic nitrogens is 4. The summed E-state index contributed by atoms with van der Waals surface area (Å²) in [5.41, 5.74) is 14.0. The van der Waals surface area contributed by atoms with E-state index in [1.807, 2.05) is 85.3 Å². The SMILES string of the molecule is Cc1cc(-c2cc(-c3ccccn3)[c-]cc2C)cc(-c2cc3ncc(C)cc3c3cccnc23)c1.[Ir].[c-]1ccccc1-c1ccccn1. The largest absolute Gasteiger partial charge is 0.305 e. The molecule has 0 atom stereocenters. The Balaban J connectivity index is 0.000000260.